The van der Waals surface area contributed by atoms with Gasteiger partial charge in [-0.15, -0.1) is 0 Å². The summed E-state index contributed by atoms with van der Waals surface area (Å²) < 4.78 is 21.7. The average Bonchev–Trinajstić information content (AvgIpc) is 3.00. The van der Waals surface area contributed by atoms with Crippen LogP contribution in [0.3, 0.4) is 0 Å². The second-order valence-corrected chi connectivity index (χ2v) is 13.1. The number of nitrogens with one attached hydrogen (secondary N) is 1. The van der Waals surface area contributed by atoms with Crippen molar-refractivity contribution < 1.29 is 33.2 Å². The quantitative estimate of drug-likeness (QED) is 0.0903. The number of allylic oxidation sites excluding steroid dienone is 1. The van der Waals surface area contributed by atoms with Crippen LogP contribution in [0.15, 0.2) is 90.5 Å². The highest BCUT2D eigenvalue weighted by atomic mass is 35.5. The Kier molecular flexibility index (Phi) is 16.9. The summed E-state index contributed by atoms with van der Waals surface area (Å²) in [6.07, 6.45) is 1.56. The first-order valence-corrected chi connectivity index (χ1v) is 16.4. The van der Waals surface area contributed by atoms with E-state index in [0.29, 0.717) is 32.5 Å². The van der Waals surface area contributed by atoms with E-state index in [0.717, 1.165) is 0 Å². The fourth-order valence-corrected chi connectivity index (χ4v) is 5.96. The Morgan fingerprint density at radius 1 is 0.953 bits per heavy atom. The number of Topliss-reactive ketones (excluding diaryl/α,β-unsaturated/α-hetero) is 1. The standard InChI is InChI=1S/C16H16O3.C10H14Cl2NO2PS.C5H8O2/c1-18-16(19-2,14-11-7-4-8-12-14)15(17)13-9-5-3-6-10-13;1-7(2)13-16(17,14-3)15-10-5-4-8(11)6-9(10)12;1-3-4(2)5(6)7/h3-12H,1-2H3;4-7H,1-3H3,(H,13,17);3H,1-2H3,(H,6,7)/b;;4-3+. The Labute approximate surface area is 269 Å². The van der Waals surface area contributed by atoms with E-state index in [-0.39, 0.29) is 11.8 Å². The normalized spacial score (nSPS) is 12.7. The van der Waals surface area contributed by atoms with Gasteiger partial charge in [0.2, 0.25) is 5.78 Å². The van der Waals surface area contributed by atoms with Crippen molar-refractivity contribution in [2.45, 2.75) is 39.5 Å². The Balaban J connectivity index is 0.000000356. The van der Waals surface area contributed by atoms with Crippen molar-refractivity contribution >= 4 is 53.4 Å². The maximum Gasteiger partial charge on any atom is 0.330 e. The molecule has 0 aliphatic rings. The second kappa shape index (κ2) is 18.9. The summed E-state index contributed by atoms with van der Waals surface area (Å²) in [6, 6.07) is 23.3. The van der Waals surface area contributed by atoms with Crippen LogP contribution in [0.5, 0.6) is 5.75 Å². The van der Waals surface area contributed by atoms with E-state index in [9.17, 15) is 9.59 Å². The Bertz CT molecular complexity index is 1390. The predicted octanol–water partition coefficient (Wildman–Crippen LogP) is 8.29. The summed E-state index contributed by atoms with van der Waals surface area (Å²) in [7, 11) is 4.45. The van der Waals surface area contributed by atoms with Crippen molar-refractivity contribution in [1.82, 2.24) is 5.09 Å². The summed E-state index contributed by atoms with van der Waals surface area (Å²) in [5, 5.41) is 12.2. The van der Waals surface area contributed by atoms with E-state index < -0.39 is 18.4 Å². The van der Waals surface area contributed by atoms with E-state index in [4.69, 9.17) is 58.6 Å². The van der Waals surface area contributed by atoms with Crippen molar-refractivity contribution in [2.75, 3.05) is 21.3 Å². The Hall–Kier alpha value is -2.59. The van der Waals surface area contributed by atoms with Crippen LogP contribution in [0, 0.1) is 0 Å². The monoisotopic (exact) mass is 669 g/mol. The summed E-state index contributed by atoms with van der Waals surface area (Å²) in [5.74, 6) is -2.00. The molecule has 3 aromatic rings. The highest BCUT2D eigenvalue weighted by Crippen LogP contribution is 2.46. The van der Waals surface area contributed by atoms with E-state index in [1.807, 2.05) is 62.4 Å². The Morgan fingerprint density at radius 3 is 1.88 bits per heavy atom. The number of ether oxygens (including phenoxy) is 2. The SMILES string of the molecule is C/C=C(\C)C(=O)O.COC(OC)(C(=O)c1ccccc1)c1ccccc1.COP(=S)(NC(C)C)Oc1ccc(Cl)cc1Cl. The molecule has 0 saturated heterocycles. The molecular weight excluding hydrogens is 632 g/mol. The number of carboxylic acid groups (broad SMARTS) is 1. The van der Waals surface area contributed by atoms with Gasteiger partial charge in [0.1, 0.15) is 5.75 Å². The zero-order valence-electron chi connectivity index (χ0n) is 25.2. The van der Waals surface area contributed by atoms with Gasteiger partial charge in [-0.1, -0.05) is 89.9 Å². The minimum absolute atomic E-state index is 0.159. The van der Waals surface area contributed by atoms with Crippen LogP contribution >= 0.6 is 29.8 Å². The summed E-state index contributed by atoms with van der Waals surface area (Å²) in [6.45, 7) is 4.62. The molecule has 0 amide bonds. The third-order valence-electron chi connectivity index (χ3n) is 5.60. The minimum Gasteiger partial charge on any atom is -0.478 e. The van der Waals surface area contributed by atoms with Crippen LogP contribution in [0.4, 0.5) is 0 Å². The van der Waals surface area contributed by atoms with Crippen molar-refractivity contribution in [3.05, 3.63) is 112 Å². The molecule has 0 radical (unpaired) electrons. The maximum absolute atomic E-state index is 12.7. The van der Waals surface area contributed by atoms with Crippen LogP contribution in [0.25, 0.3) is 0 Å². The molecule has 1 unspecified atom stereocenters. The first-order chi connectivity index (χ1) is 20.3. The van der Waals surface area contributed by atoms with Crippen molar-refractivity contribution in [1.29, 1.82) is 0 Å². The fourth-order valence-electron chi connectivity index (χ4n) is 3.31. The number of rotatable bonds is 11. The smallest absolute Gasteiger partial charge is 0.330 e. The number of aliphatic carboxylic acids is 1. The number of hydrogen-bond acceptors (Lipinski definition) is 7. The lowest BCUT2D eigenvalue weighted by atomic mass is 9.96. The molecule has 0 fully saturated rings. The molecule has 2 N–H and O–H groups in total. The average molecular weight is 671 g/mol. The van der Waals surface area contributed by atoms with E-state index >= 15 is 0 Å². The molecule has 1 atom stereocenters. The number of halogens is 2. The van der Waals surface area contributed by atoms with Gasteiger partial charge >= 0.3 is 12.6 Å². The lowest BCUT2D eigenvalue weighted by Crippen LogP contribution is -2.39. The lowest BCUT2D eigenvalue weighted by Gasteiger charge is -2.29. The zero-order valence-corrected chi connectivity index (χ0v) is 28.4. The molecule has 0 heterocycles. The minimum atomic E-state index is -2.56. The van der Waals surface area contributed by atoms with Gasteiger partial charge in [-0.3, -0.25) is 4.79 Å². The molecule has 0 saturated carbocycles. The van der Waals surface area contributed by atoms with Gasteiger partial charge in [0.25, 0.3) is 5.79 Å². The molecule has 8 nitrogen and oxygen atoms in total. The molecule has 234 valence electrons. The van der Waals surface area contributed by atoms with Gasteiger partial charge < -0.3 is 23.6 Å². The van der Waals surface area contributed by atoms with Crippen LogP contribution < -0.4 is 9.61 Å². The predicted molar refractivity (Wildman–Crippen MR) is 177 cm³/mol. The van der Waals surface area contributed by atoms with Crippen LogP contribution in [0.2, 0.25) is 10.0 Å². The number of benzene rings is 3. The molecule has 0 aromatic heterocycles. The number of carboxylic acids is 1. The molecule has 0 bridgehead atoms. The highest BCUT2D eigenvalue weighted by Gasteiger charge is 2.41. The van der Waals surface area contributed by atoms with Crippen LogP contribution in [0.1, 0.15) is 43.6 Å². The van der Waals surface area contributed by atoms with Gasteiger partial charge in [0, 0.05) is 49.1 Å². The van der Waals surface area contributed by atoms with Gasteiger partial charge in [-0.2, -0.15) is 0 Å². The van der Waals surface area contributed by atoms with Crippen molar-refractivity contribution in [2.24, 2.45) is 0 Å². The first kappa shape index (κ1) is 38.4. The van der Waals surface area contributed by atoms with Crippen molar-refractivity contribution in [3.63, 3.8) is 0 Å². The lowest BCUT2D eigenvalue weighted by molar-refractivity contribution is -0.176. The third-order valence-corrected chi connectivity index (χ3v) is 8.87. The van der Waals surface area contributed by atoms with E-state index in [1.165, 1.54) is 21.3 Å². The number of ketones is 1. The zero-order chi connectivity index (χ0) is 32.6. The molecule has 43 heavy (non-hydrogen) atoms. The van der Waals surface area contributed by atoms with Crippen LogP contribution in [-0.4, -0.2) is 44.2 Å². The van der Waals surface area contributed by atoms with E-state index in [2.05, 4.69) is 5.09 Å². The van der Waals surface area contributed by atoms with Gasteiger partial charge in [-0.25, -0.2) is 9.88 Å². The number of carbonyl (C=O) groups is 2. The topological polar surface area (TPSA) is 103 Å². The van der Waals surface area contributed by atoms with Gasteiger partial charge in [0.05, 0.1) is 5.02 Å². The maximum atomic E-state index is 12.7. The van der Waals surface area contributed by atoms with Crippen molar-refractivity contribution in [3.8, 4) is 5.75 Å². The Morgan fingerprint density at radius 2 is 1.49 bits per heavy atom. The summed E-state index contributed by atoms with van der Waals surface area (Å²) in [4.78, 5) is 22.5. The number of methoxy groups -OCH3 is 2. The molecule has 3 aromatic carbocycles. The molecule has 12 heteroatoms. The molecule has 0 aliphatic carbocycles. The fraction of sp³-hybridized carbons (Fsp3) is 0.290. The molecular formula is C31H38Cl2NO7PS. The van der Waals surface area contributed by atoms with Gasteiger partial charge in [0.15, 0.2) is 0 Å². The number of hydrogen-bond donors (Lipinski definition) is 2. The summed E-state index contributed by atoms with van der Waals surface area (Å²) in [5.41, 5.74) is 1.61. The second-order valence-electron chi connectivity index (χ2n) is 8.99. The molecule has 0 aliphatic heterocycles. The number of carbonyl (C=O) groups excluding carboxylic acids is 1. The molecule has 0 spiro atoms. The largest absolute Gasteiger partial charge is 0.478 e. The first-order valence-electron chi connectivity index (χ1n) is 13.0. The van der Waals surface area contributed by atoms with E-state index in [1.54, 1.807) is 50.3 Å². The van der Waals surface area contributed by atoms with Crippen LogP contribution in [-0.2, 0) is 36.4 Å². The third kappa shape index (κ3) is 12.1. The van der Waals surface area contributed by atoms with Gasteiger partial charge in [-0.05, 0) is 57.7 Å². The summed E-state index contributed by atoms with van der Waals surface area (Å²) >= 11 is 17.1. The highest BCUT2D eigenvalue weighted by molar-refractivity contribution is 8.09. The molecule has 3 rings (SSSR count).